The number of benzene rings is 3. The molecule has 0 saturated carbocycles. The molecule has 3 heteroatoms. The molecular formula is C24H25N2O+. The molecule has 3 nitrogen and oxygen atoms in total. The minimum Gasteiger partial charge on any atom is -0.411 e. The molecule has 1 aliphatic rings. The highest BCUT2D eigenvalue weighted by Gasteiger charge is 2.40. The zero-order valence-corrected chi connectivity index (χ0v) is 15.3. The van der Waals surface area contributed by atoms with Crippen LogP contribution >= 0.6 is 0 Å². The van der Waals surface area contributed by atoms with Crippen LogP contribution < -0.4 is 5.32 Å². The maximum absolute atomic E-state index is 9.84. The van der Waals surface area contributed by atoms with Gasteiger partial charge in [0.05, 0.1) is 11.6 Å². The van der Waals surface area contributed by atoms with Crippen molar-refractivity contribution in [2.24, 2.45) is 11.1 Å². The van der Waals surface area contributed by atoms with E-state index in [1.54, 1.807) is 0 Å². The third-order valence-corrected chi connectivity index (χ3v) is 5.57. The summed E-state index contributed by atoms with van der Waals surface area (Å²) in [5.41, 5.74) is 4.72. The molecule has 3 atom stereocenters. The van der Waals surface area contributed by atoms with E-state index in [0.717, 1.165) is 18.6 Å². The van der Waals surface area contributed by atoms with Crippen LogP contribution in [0.4, 0.5) is 0 Å². The zero-order valence-electron chi connectivity index (χ0n) is 15.3. The molecule has 0 unspecified atom stereocenters. The molecule has 1 aliphatic heterocycles. The Morgan fingerprint density at radius 3 is 1.93 bits per heavy atom. The van der Waals surface area contributed by atoms with Crippen molar-refractivity contribution in [2.45, 2.75) is 24.9 Å². The lowest BCUT2D eigenvalue weighted by Crippen LogP contribution is -2.90. The number of rotatable bonds is 4. The quantitative estimate of drug-likeness (QED) is 0.535. The summed E-state index contributed by atoms with van der Waals surface area (Å²) >= 11 is 0. The minimum absolute atomic E-state index is 0.166. The molecule has 3 aromatic carbocycles. The molecule has 1 heterocycles. The fourth-order valence-electron chi connectivity index (χ4n) is 4.21. The number of quaternary nitrogens is 1. The van der Waals surface area contributed by atoms with Gasteiger partial charge < -0.3 is 10.5 Å². The number of hydrogen-bond donors (Lipinski definition) is 2. The maximum atomic E-state index is 9.84. The van der Waals surface area contributed by atoms with Crippen LogP contribution in [0, 0.1) is 5.92 Å². The molecule has 27 heavy (non-hydrogen) atoms. The number of nitrogens with zero attached hydrogens (tertiary/aromatic N) is 1. The Hall–Kier alpha value is -2.91. The van der Waals surface area contributed by atoms with E-state index in [1.807, 2.05) is 18.2 Å². The van der Waals surface area contributed by atoms with Gasteiger partial charge in [-0.3, -0.25) is 0 Å². The molecule has 3 aromatic rings. The van der Waals surface area contributed by atoms with Gasteiger partial charge in [0, 0.05) is 17.5 Å². The fraction of sp³-hybridized carbons (Fsp3) is 0.208. The Balaban J connectivity index is 1.70. The van der Waals surface area contributed by atoms with Crippen LogP contribution in [0.25, 0.3) is 0 Å². The summed E-state index contributed by atoms with van der Waals surface area (Å²) < 4.78 is 0. The number of oxime groups is 1. The van der Waals surface area contributed by atoms with E-state index < -0.39 is 0 Å². The Labute approximate surface area is 160 Å². The van der Waals surface area contributed by atoms with Gasteiger partial charge >= 0.3 is 0 Å². The predicted molar refractivity (Wildman–Crippen MR) is 108 cm³/mol. The second kappa shape index (κ2) is 8.19. The summed E-state index contributed by atoms with van der Waals surface area (Å²) in [5, 5.41) is 16.1. The second-order valence-corrected chi connectivity index (χ2v) is 7.24. The van der Waals surface area contributed by atoms with Crippen LogP contribution in [0.15, 0.2) is 96.2 Å². The topological polar surface area (TPSA) is 49.2 Å². The van der Waals surface area contributed by atoms with E-state index in [2.05, 4.69) is 83.3 Å². The third-order valence-electron chi connectivity index (χ3n) is 5.57. The summed E-state index contributed by atoms with van der Waals surface area (Å²) in [6.07, 6.45) is 1.64. The Morgan fingerprint density at radius 2 is 1.33 bits per heavy atom. The Kier molecular flexibility index (Phi) is 5.31. The van der Waals surface area contributed by atoms with Crippen LogP contribution in [0.1, 0.15) is 35.2 Å². The molecule has 3 N–H and O–H groups in total. The van der Waals surface area contributed by atoms with Gasteiger partial charge in [0.25, 0.3) is 0 Å². The van der Waals surface area contributed by atoms with Gasteiger partial charge in [0.1, 0.15) is 12.1 Å². The first-order valence-electron chi connectivity index (χ1n) is 9.55. The van der Waals surface area contributed by atoms with Crippen LogP contribution in [0.2, 0.25) is 0 Å². The van der Waals surface area contributed by atoms with Crippen molar-refractivity contribution in [1.29, 1.82) is 0 Å². The Bertz CT molecular complexity index is 878. The lowest BCUT2D eigenvalue weighted by molar-refractivity contribution is -0.742. The largest absolute Gasteiger partial charge is 0.411 e. The van der Waals surface area contributed by atoms with Crippen LogP contribution in [-0.2, 0) is 6.42 Å². The summed E-state index contributed by atoms with van der Waals surface area (Å²) in [7, 11) is 0. The molecular weight excluding hydrogens is 332 g/mol. The highest BCUT2D eigenvalue weighted by molar-refractivity contribution is 5.88. The van der Waals surface area contributed by atoms with Gasteiger partial charge in [-0.05, 0) is 12.0 Å². The molecule has 1 fully saturated rings. The normalized spacial score (nSPS) is 24.0. The average Bonchev–Trinajstić information content (AvgIpc) is 2.76. The van der Waals surface area contributed by atoms with Crippen molar-refractivity contribution in [2.75, 3.05) is 0 Å². The van der Waals surface area contributed by atoms with E-state index in [9.17, 15) is 5.21 Å². The summed E-state index contributed by atoms with van der Waals surface area (Å²) in [5.74, 6) is 0.166. The van der Waals surface area contributed by atoms with E-state index in [1.165, 1.54) is 16.7 Å². The van der Waals surface area contributed by atoms with E-state index in [0.29, 0.717) is 0 Å². The molecule has 0 bridgehead atoms. The minimum atomic E-state index is 0.166. The summed E-state index contributed by atoms with van der Waals surface area (Å²) in [6, 6.07) is 32.1. The van der Waals surface area contributed by atoms with Crippen LogP contribution in [0.3, 0.4) is 0 Å². The predicted octanol–water partition coefficient (Wildman–Crippen LogP) is 4.13. The summed E-state index contributed by atoms with van der Waals surface area (Å²) in [6.45, 7) is 0. The zero-order chi connectivity index (χ0) is 18.5. The van der Waals surface area contributed by atoms with Gasteiger partial charge in [0.2, 0.25) is 0 Å². The molecule has 136 valence electrons. The van der Waals surface area contributed by atoms with Gasteiger partial charge in [0.15, 0.2) is 0 Å². The molecule has 0 spiro atoms. The van der Waals surface area contributed by atoms with Crippen molar-refractivity contribution in [3.05, 3.63) is 108 Å². The molecule has 0 amide bonds. The second-order valence-electron chi connectivity index (χ2n) is 7.24. The van der Waals surface area contributed by atoms with Crippen molar-refractivity contribution in [3.8, 4) is 0 Å². The van der Waals surface area contributed by atoms with E-state index >= 15 is 0 Å². The van der Waals surface area contributed by atoms with Gasteiger partial charge in [-0.25, -0.2) is 0 Å². The highest BCUT2D eigenvalue weighted by atomic mass is 16.4. The summed E-state index contributed by atoms with van der Waals surface area (Å²) in [4.78, 5) is 0. The lowest BCUT2D eigenvalue weighted by Gasteiger charge is -2.35. The van der Waals surface area contributed by atoms with Crippen LogP contribution in [0.5, 0.6) is 0 Å². The maximum Gasteiger partial charge on any atom is 0.121 e. The average molecular weight is 357 g/mol. The third kappa shape index (κ3) is 3.93. The van der Waals surface area contributed by atoms with Crippen molar-refractivity contribution >= 4 is 5.71 Å². The highest BCUT2D eigenvalue weighted by Crippen LogP contribution is 2.32. The van der Waals surface area contributed by atoms with Crippen LogP contribution in [-0.4, -0.2) is 10.9 Å². The van der Waals surface area contributed by atoms with Crippen molar-refractivity contribution < 1.29 is 10.5 Å². The number of piperidine rings is 1. The first kappa shape index (κ1) is 17.5. The lowest BCUT2D eigenvalue weighted by atomic mass is 9.77. The SMILES string of the molecule is ON=C1C[C@@H](c2ccccc2)[NH2+][C@@H](c2ccccc2)[C@H]1Cc1ccccc1. The van der Waals surface area contributed by atoms with Gasteiger partial charge in [-0.1, -0.05) is 96.2 Å². The smallest absolute Gasteiger partial charge is 0.121 e. The Morgan fingerprint density at radius 1 is 0.778 bits per heavy atom. The number of hydrogen-bond acceptors (Lipinski definition) is 2. The van der Waals surface area contributed by atoms with E-state index in [4.69, 9.17) is 0 Å². The first-order chi connectivity index (χ1) is 13.3. The fourth-order valence-corrected chi connectivity index (χ4v) is 4.21. The van der Waals surface area contributed by atoms with Gasteiger partial charge in [-0.2, -0.15) is 0 Å². The van der Waals surface area contributed by atoms with Crippen molar-refractivity contribution in [1.82, 2.24) is 0 Å². The van der Waals surface area contributed by atoms with E-state index in [-0.39, 0.29) is 18.0 Å². The molecule has 4 rings (SSSR count). The molecule has 1 saturated heterocycles. The van der Waals surface area contributed by atoms with Crippen molar-refractivity contribution in [3.63, 3.8) is 0 Å². The molecule has 0 aromatic heterocycles. The standard InChI is InChI=1S/C24H24N2O/c27-26-23-17-22(19-12-6-2-7-13-19)25-24(20-14-8-3-9-15-20)21(23)16-18-10-4-1-5-11-18/h1-15,21-22,24-25,27H,16-17H2/p+1/t21-,22-,24-/m0/s1. The number of nitrogens with two attached hydrogens (primary N) is 1. The first-order valence-corrected chi connectivity index (χ1v) is 9.55. The monoisotopic (exact) mass is 357 g/mol. The molecule has 0 radical (unpaired) electrons. The molecule has 0 aliphatic carbocycles. The van der Waals surface area contributed by atoms with Gasteiger partial charge in [-0.15, -0.1) is 0 Å².